The maximum absolute atomic E-state index is 12.5. The zero-order valence-corrected chi connectivity index (χ0v) is 13.6. The molecule has 1 fully saturated rings. The third-order valence-corrected chi connectivity index (χ3v) is 5.32. The van der Waals surface area contributed by atoms with Crippen LogP contribution in [0.4, 0.5) is 13.2 Å². The van der Waals surface area contributed by atoms with E-state index >= 15 is 0 Å². The average Bonchev–Trinajstić information content (AvgIpc) is 2.52. The van der Waals surface area contributed by atoms with Gasteiger partial charge in [-0.05, 0) is 37.1 Å². The summed E-state index contributed by atoms with van der Waals surface area (Å²) in [6.45, 7) is 1.39. The number of fused-ring (bicyclic) bond motifs is 1. The molecule has 5 nitrogen and oxygen atoms in total. The monoisotopic (exact) mass is 362 g/mol. The number of rotatable bonds is 3. The van der Waals surface area contributed by atoms with Crippen molar-refractivity contribution in [2.45, 2.75) is 19.0 Å². The van der Waals surface area contributed by atoms with Crippen LogP contribution in [0, 0.1) is 5.92 Å². The van der Waals surface area contributed by atoms with Gasteiger partial charge in [0.25, 0.3) is 10.0 Å². The molecule has 0 aliphatic carbocycles. The van der Waals surface area contributed by atoms with Gasteiger partial charge in [0.15, 0.2) is 0 Å². The summed E-state index contributed by atoms with van der Waals surface area (Å²) in [5.74, 6) is 0.679. The van der Waals surface area contributed by atoms with E-state index < -0.39 is 21.8 Å². The molecule has 0 spiro atoms. The smallest absolute Gasteiger partial charge is 0.416 e. The first kappa shape index (κ1) is 17.1. The van der Waals surface area contributed by atoms with Gasteiger partial charge in [0.2, 0.25) is 0 Å². The predicted octanol–water partition coefficient (Wildman–Crippen LogP) is 2.54. The third-order valence-electron chi connectivity index (χ3n) is 4.15. The molecule has 0 bridgehead atoms. The van der Waals surface area contributed by atoms with Gasteiger partial charge in [0.05, 0.1) is 23.8 Å². The van der Waals surface area contributed by atoms with Gasteiger partial charge in [-0.2, -0.15) is 13.2 Å². The van der Waals surface area contributed by atoms with Gasteiger partial charge in [0, 0.05) is 13.1 Å². The lowest BCUT2D eigenvalue weighted by molar-refractivity contribution is -0.137. The summed E-state index contributed by atoms with van der Waals surface area (Å²) in [5.41, 5.74) is -0.735. The number of sulfonamides is 1. The van der Waals surface area contributed by atoms with Crippen LogP contribution in [-0.4, -0.2) is 44.6 Å². The van der Waals surface area contributed by atoms with Crippen LogP contribution >= 0.6 is 0 Å². The molecule has 0 aromatic heterocycles. The number of halogens is 3. The molecular weight excluding hydrogens is 345 g/mol. The lowest BCUT2D eigenvalue weighted by Gasteiger charge is -2.37. The Bertz CT molecular complexity index is 729. The summed E-state index contributed by atoms with van der Waals surface area (Å²) in [6.07, 6.45) is -2.74. The van der Waals surface area contributed by atoms with Crippen LogP contribution in [0.25, 0.3) is 0 Å². The fourth-order valence-electron chi connectivity index (χ4n) is 2.90. The van der Waals surface area contributed by atoms with Crippen molar-refractivity contribution in [1.29, 1.82) is 0 Å². The van der Waals surface area contributed by atoms with Crippen LogP contribution in [0.2, 0.25) is 0 Å². The van der Waals surface area contributed by atoms with E-state index in [0.29, 0.717) is 18.1 Å². The Morgan fingerprint density at radius 2 is 1.92 bits per heavy atom. The first-order valence-electron chi connectivity index (χ1n) is 7.62. The summed E-state index contributed by atoms with van der Waals surface area (Å²) >= 11 is 0. The minimum Gasteiger partial charge on any atom is -0.493 e. The highest BCUT2D eigenvalue weighted by molar-refractivity contribution is 7.90. The van der Waals surface area contributed by atoms with E-state index in [4.69, 9.17) is 4.74 Å². The molecule has 1 unspecified atom stereocenters. The van der Waals surface area contributed by atoms with Crippen LogP contribution in [0.5, 0.6) is 5.75 Å². The van der Waals surface area contributed by atoms with Crippen molar-refractivity contribution in [3.05, 3.63) is 29.8 Å². The maximum Gasteiger partial charge on any atom is 0.416 e. The molecule has 0 radical (unpaired) electrons. The number of hydrogen-bond acceptors (Lipinski definition) is 4. The molecule has 0 saturated carbocycles. The third kappa shape index (κ3) is 3.82. The zero-order chi connectivity index (χ0) is 17.4. The van der Waals surface area contributed by atoms with Crippen molar-refractivity contribution < 1.29 is 26.3 Å². The number of nitrogens with zero attached hydrogens (tertiary/aromatic N) is 2. The molecule has 2 heterocycles. The normalized spacial score (nSPS) is 23.4. The summed E-state index contributed by atoms with van der Waals surface area (Å²) in [4.78, 5) is 1.95. The van der Waals surface area contributed by atoms with E-state index in [1.54, 1.807) is 0 Å². The first-order valence-corrected chi connectivity index (χ1v) is 9.23. The van der Waals surface area contributed by atoms with E-state index in [2.05, 4.69) is 4.40 Å². The summed E-state index contributed by atoms with van der Waals surface area (Å²) in [7, 11) is -3.43. The van der Waals surface area contributed by atoms with E-state index in [1.165, 1.54) is 12.1 Å². The van der Waals surface area contributed by atoms with Crippen molar-refractivity contribution in [3.63, 3.8) is 0 Å². The topological polar surface area (TPSA) is 59.0 Å². The number of piperidine rings is 1. The molecular formula is C15H17F3N2O3S. The number of alkyl halides is 3. The fraction of sp³-hybridized carbons (Fsp3) is 0.533. The molecule has 1 aromatic carbocycles. The van der Waals surface area contributed by atoms with Gasteiger partial charge in [0.1, 0.15) is 11.6 Å². The average molecular weight is 362 g/mol. The first-order chi connectivity index (χ1) is 11.2. The summed E-state index contributed by atoms with van der Waals surface area (Å²) < 4.78 is 70.4. The van der Waals surface area contributed by atoms with Crippen LogP contribution in [-0.2, 0) is 16.2 Å². The molecule has 0 N–H and O–H groups in total. The van der Waals surface area contributed by atoms with Crippen molar-refractivity contribution >= 4 is 15.9 Å². The van der Waals surface area contributed by atoms with Crippen molar-refractivity contribution in [2.75, 3.05) is 25.4 Å². The molecule has 1 aromatic rings. The molecule has 9 heteroatoms. The molecule has 1 saturated heterocycles. The van der Waals surface area contributed by atoms with E-state index in [9.17, 15) is 21.6 Å². The number of benzene rings is 1. The number of hydrogen-bond donors (Lipinski definition) is 0. The van der Waals surface area contributed by atoms with Gasteiger partial charge in [-0.1, -0.05) is 0 Å². The van der Waals surface area contributed by atoms with Gasteiger partial charge in [-0.15, -0.1) is 4.40 Å². The van der Waals surface area contributed by atoms with Crippen LogP contribution < -0.4 is 4.74 Å². The highest BCUT2D eigenvalue weighted by Crippen LogP contribution is 2.30. The van der Waals surface area contributed by atoms with Crippen molar-refractivity contribution in [2.24, 2.45) is 10.3 Å². The maximum atomic E-state index is 12.5. The SMILES string of the molecule is O=S1(=O)CCN2CCCC(COc3ccc(C(F)(F)F)cc3)C2=N1. The molecule has 24 heavy (non-hydrogen) atoms. The second-order valence-corrected chi connectivity index (χ2v) is 7.65. The highest BCUT2D eigenvalue weighted by atomic mass is 32.2. The Hall–Kier alpha value is -1.77. The Kier molecular flexibility index (Phi) is 4.46. The Morgan fingerprint density at radius 3 is 2.58 bits per heavy atom. The van der Waals surface area contributed by atoms with Gasteiger partial charge < -0.3 is 9.64 Å². The zero-order valence-electron chi connectivity index (χ0n) is 12.8. The number of ether oxygens (including phenoxy) is 1. The minimum atomic E-state index is -4.38. The lowest BCUT2D eigenvalue weighted by Crippen LogP contribution is -2.48. The molecule has 0 amide bonds. The quantitative estimate of drug-likeness (QED) is 0.829. The molecule has 1 atom stereocenters. The lowest BCUT2D eigenvalue weighted by atomic mass is 9.97. The van der Waals surface area contributed by atoms with Crippen LogP contribution in [0.15, 0.2) is 28.7 Å². The fourth-order valence-corrected chi connectivity index (χ4v) is 3.99. The van der Waals surface area contributed by atoms with E-state index in [0.717, 1.165) is 31.5 Å². The van der Waals surface area contributed by atoms with Crippen molar-refractivity contribution in [3.8, 4) is 5.75 Å². The Morgan fingerprint density at radius 1 is 1.21 bits per heavy atom. The number of amidine groups is 1. The van der Waals surface area contributed by atoms with E-state index in [1.807, 2.05) is 4.90 Å². The van der Waals surface area contributed by atoms with Gasteiger partial charge in [-0.25, -0.2) is 8.42 Å². The molecule has 132 valence electrons. The molecule has 3 rings (SSSR count). The highest BCUT2D eigenvalue weighted by Gasteiger charge is 2.33. The van der Waals surface area contributed by atoms with Crippen LogP contribution in [0.3, 0.4) is 0 Å². The standard InChI is InChI=1S/C15H17F3N2O3S/c16-15(17,18)12-3-5-13(6-4-12)23-10-11-2-1-7-20-8-9-24(21,22)19-14(11)20/h3-6,11H,1-2,7-10H2. The van der Waals surface area contributed by atoms with Crippen molar-refractivity contribution in [1.82, 2.24) is 4.90 Å². The molecule has 2 aliphatic heterocycles. The molecule has 2 aliphatic rings. The van der Waals surface area contributed by atoms with Crippen LogP contribution in [0.1, 0.15) is 18.4 Å². The minimum absolute atomic E-state index is 0.0168. The summed E-state index contributed by atoms with van der Waals surface area (Å²) in [6, 6.07) is 4.46. The van der Waals surface area contributed by atoms with E-state index in [-0.39, 0.29) is 18.3 Å². The Labute approximate surface area is 138 Å². The largest absolute Gasteiger partial charge is 0.493 e. The predicted molar refractivity (Wildman–Crippen MR) is 82.5 cm³/mol. The summed E-state index contributed by atoms with van der Waals surface area (Å²) in [5, 5.41) is 0. The second-order valence-electron chi connectivity index (χ2n) is 5.89. The second kappa shape index (κ2) is 6.27. The Balaban J connectivity index is 1.68. The van der Waals surface area contributed by atoms with Gasteiger partial charge in [-0.3, -0.25) is 0 Å². The van der Waals surface area contributed by atoms with Gasteiger partial charge >= 0.3 is 6.18 Å².